The van der Waals surface area contributed by atoms with E-state index in [1.807, 2.05) is 0 Å². The van der Waals surface area contributed by atoms with Crippen molar-refractivity contribution in [2.24, 2.45) is 22.7 Å². The van der Waals surface area contributed by atoms with E-state index in [1.54, 1.807) is 0 Å². The highest BCUT2D eigenvalue weighted by Gasteiger charge is 2.55. The van der Waals surface area contributed by atoms with Crippen molar-refractivity contribution in [2.75, 3.05) is 6.54 Å². The monoisotopic (exact) mass is 269 g/mol. The summed E-state index contributed by atoms with van der Waals surface area (Å²) in [7, 11) is 0. The van der Waals surface area contributed by atoms with E-state index >= 15 is 0 Å². The van der Waals surface area contributed by atoms with Crippen molar-refractivity contribution in [3.8, 4) is 0 Å². The Bertz CT molecular complexity index is 464. The molecule has 4 fully saturated rings. The summed E-state index contributed by atoms with van der Waals surface area (Å²) in [5.74, 6) is 2.08. The van der Waals surface area contributed by atoms with Crippen molar-refractivity contribution >= 4 is 0 Å². The van der Waals surface area contributed by atoms with Crippen molar-refractivity contribution in [3.63, 3.8) is 0 Å². The molecule has 0 aliphatic heterocycles. The minimum Gasteiger partial charge on any atom is -0.312 e. The lowest BCUT2D eigenvalue weighted by Crippen LogP contribution is -2.54. The molecule has 0 heterocycles. The SMILES string of the molecule is CC12CC3CC(C1)CC(CNCc1ccccc1)(C3)C2. The lowest BCUT2D eigenvalue weighted by Gasteiger charge is -2.61. The van der Waals surface area contributed by atoms with Crippen LogP contribution in [0.2, 0.25) is 0 Å². The Kier molecular flexibility index (Phi) is 2.96. The van der Waals surface area contributed by atoms with Gasteiger partial charge in [0.25, 0.3) is 0 Å². The first kappa shape index (κ1) is 12.9. The Hall–Kier alpha value is -0.820. The highest BCUT2D eigenvalue weighted by atomic mass is 14.9. The molecule has 4 bridgehead atoms. The molecule has 0 saturated heterocycles. The molecule has 1 heteroatoms. The zero-order chi connectivity index (χ0) is 13.6. The smallest absolute Gasteiger partial charge is 0.0205 e. The van der Waals surface area contributed by atoms with Crippen molar-refractivity contribution < 1.29 is 0 Å². The third-order valence-electron chi connectivity index (χ3n) is 6.15. The predicted molar refractivity (Wildman–Crippen MR) is 83.4 cm³/mol. The largest absolute Gasteiger partial charge is 0.312 e. The molecular weight excluding hydrogens is 242 g/mol. The van der Waals surface area contributed by atoms with E-state index in [2.05, 4.69) is 42.6 Å². The molecule has 4 aliphatic rings. The van der Waals surface area contributed by atoms with Crippen LogP contribution in [0.4, 0.5) is 0 Å². The van der Waals surface area contributed by atoms with Crippen LogP contribution in [0.25, 0.3) is 0 Å². The van der Waals surface area contributed by atoms with Crippen molar-refractivity contribution in [3.05, 3.63) is 35.9 Å². The van der Waals surface area contributed by atoms with Gasteiger partial charge < -0.3 is 5.32 Å². The van der Waals surface area contributed by atoms with E-state index in [9.17, 15) is 0 Å². The van der Waals surface area contributed by atoms with Crippen LogP contribution in [0, 0.1) is 22.7 Å². The summed E-state index contributed by atoms with van der Waals surface area (Å²) < 4.78 is 0. The van der Waals surface area contributed by atoms with E-state index in [0.29, 0.717) is 10.8 Å². The highest BCUT2D eigenvalue weighted by Crippen LogP contribution is 2.64. The first-order chi connectivity index (χ1) is 9.65. The molecule has 1 aromatic carbocycles. The second kappa shape index (κ2) is 4.59. The number of hydrogen-bond acceptors (Lipinski definition) is 1. The molecule has 0 radical (unpaired) electrons. The van der Waals surface area contributed by atoms with Gasteiger partial charge in [-0.2, -0.15) is 0 Å². The van der Waals surface area contributed by atoms with Crippen LogP contribution in [-0.2, 0) is 6.54 Å². The van der Waals surface area contributed by atoms with Gasteiger partial charge in [0.2, 0.25) is 0 Å². The van der Waals surface area contributed by atoms with E-state index in [0.717, 1.165) is 18.4 Å². The Morgan fingerprint density at radius 1 is 1.05 bits per heavy atom. The number of nitrogens with one attached hydrogen (secondary N) is 1. The molecule has 5 rings (SSSR count). The molecule has 4 aliphatic carbocycles. The number of benzene rings is 1. The molecule has 2 unspecified atom stereocenters. The summed E-state index contributed by atoms with van der Waals surface area (Å²) in [6.45, 7) is 4.84. The third kappa shape index (κ3) is 2.30. The van der Waals surface area contributed by atoms with E-state index in [1.165, 1.54) is 50.6 Å². The Morgan fingerprint density at radius 3 is 2.40 bits per heavy atom. The molecule has 108 valence electrons. The Balaban J connectivity index is 1.41. The van der Waals surface area contributed by atoms with Crippen LogP contribution in [0.1, 0.15) is 51.0 Å². The molecule has 0 aromatic heterocycles. The highest BCUT2D eigenvalue weighted by molar-refractivity contribution is 5.14. The zero-order valence-electron chi connectivity index (χ0n) is 12.7. The van der Waals surface area contributed by atoms with Gasteiger partial charge in [-0.05, 0) is 66.8 Å². The van der Waals surface area contributed by atoms with Gasteiger partial charge in [-0.3, -0.25) is 0 Å². The number of rotatable bonds is 4. The molecule has 20 heavy (non-hydrogen) atoms. The van der Waals surface area contributed by atoms with E-state index < -0.39 is 0 Å². The van der Waals surface area contributed by atoms with Gasteiger partial charge in [0, 0.05) is 13.1 Å². The zero-order valence-corrected chi connectivity index (χ0v) is 12.7. The van der Waals surface area contributed by atoms with Gasteiger partial charge >= 0.3 is 0 Å². The summed E-state index contributed by atoms with van der Waals surface area (Å²) in [5.41, 5.74) is 2.73. The van der Waals surface area contributed by atoms with Crippen LogP contribution >= 0.6 is 0 Å². The molecule has 1 aromatic rings. The summed E-state index contributed by atoms with van der Waals surface area (Å²) >= 11 is 0. The van der Waals surface area contributed by atoms with Gasteiger partial charge in [-0.25, -0.2) is 0 Å². The molecule has 4 saturated carbocycles. The molecule has 1 nitrogen and oxygen atoms in total. The minimum atomic E-state index is 0.633. The van der Waals surface area contributed by atoms with Crippen molar-refractivity contribution in [2.45, 2.75) is 52.0 Å². The lowest BCUT2D eigenvalue weighted by molar-refractivity contribution is -0.0999. The van der Waals surface area contributed by atoms with Crippen LogP contribution in [0.3, 0.4) is 0 Å². The lowest BCUT2D eigenvalue weighted by atomic mass is 9.44. The second-order valence-electron chi connectivity index (χ2n) is 8.36. The Morgan fingerprint density at radius 2 is 1.75 bits per heavy atom. The second-order valence-corrected chi connectivity index (χ2v) is 8.36. The Labute approximate surface area is 123 Å². The number of hydrogen-bond donors (Lipinski definition) is 1. The van der Waals surface area contributed by atoms with Crippen LogP contribution < -0.4 is 5.32 Å². The quantitative estimate of drug-likeness (QED) is 0.855. The fraction of sp³-hybridized carbons (Fsp3) is 0.684. The summed E-state index contributed by atoms with van der Waals surface area (Å²) in [6.07, 6.45) is 9.06. The maximum absolute atomic E-state index is 3.78. The molecule has 1 N–H and O–H groups in total. The molecule has 2 atom stereocenters. The average Bonchev–Trinajstić information content (AvgIpc) is 2.36. The predicted octanol–water partition coefficient (Wildman–Crippen LogP) is 4.38. The summed E-state index contributed by atoms with van der Waals surface area (Å²) in [5, 5.41) is 3.78. The van der Waals surface area contributed by atoms with Crippen molar-refractivity contribution in [1.29, 1.82) is 0 Å². The summed E-state index contributed by atoms with van der Waals surface area (Å²) in [6, 6.07) is 10.8. The standard InChI is InChI=1S/C19H27N/c1-18-8-16-7-17(9-18)11-19(10-16,13-18)14-20-12-15-5-3-2-4-6-15/h2-6,16-17,20H,7-14H2,1H3. The average molecular weight is 269 g/mol. The van der Waals surface area contributed by atoms with E-state index in [4.69, 9.17) is 0 Å². The van der Waals surface area contributed by atoms with Crippen LogP contribution in [-0.4, -0.2) is 6.54 Å². The third-order valence-corrected chi connectivity index (χ3v) is 6.15. The van der Waals surface area contributed by atoms with E-state index in [-0.39, 0.29) is 0 Å². The molecule has 0 spiro atoms. The summed E-state index contributed by atoms with van der Waals surface area (Å²) in [4.78, 5) is 0. The first-order valence-corrected chi connectivity index (χ1v) is 8.40. The van der Waals surface area contributed by atoms with Crippen LogP contribution in [0.15, 0.2) is 30.3 Å². The molecule has 0 amide bonds. The van der Waals surface area contributed by atoms with Gasteiger partial charge in [0.15, 0.2) is 0 Å². The minimum absolute atomic E-state index is 0.633. The fourth-order valence-corrected chi connectivity index (χ4v) is 6.20. The maximum Gasteiger partial charge on any atom is 0.0205 e. The van der Waals surface area contributed by atoms with Gasteiger partial charge in [-0.15, -0.1) is 0 Å². The topological polar surface area (TPSA) is 12.0 Å². The van der Waals surface area contributed by atoms with Crippen molar-refractivity contribution in [1.82, 2.24) is 5.32 Å². The molecular formula is C19H27N. The maximum atomic E-state index is 3.78. The van der Waals surface area contributed by atoms with Gasteiger partial charge in [0.05, 0.1) is 0 Å². The van der Waals surface area contributed by atoms with Gasteiger partial charge in [0.1, 0.15) is 0 Å². The van der Waals surface area contributed by atoms with Crippen LogP contribution in [0.5, 0.6) is 0 Å². The first-order valence-electron chi connectivity index (χ1n) is 8.40. The normalized spacial score (nSPS) is 42.0. The fourth-order valence-electron chi connectivity index (χ4n) is 6.20. The van der Waals surface area contributed by atoms with Gasteiger partial charge in [-0.1, -0.05) is 37.3 Å².